The molecule has 2 rings (SSSR count). The number of nitrogens with one attached hydrogen (secondary N) is 1. The van der Waals surface area contributed by atoms with E-state index in [1.165, 1.54) is 12.1 Å². The quantitative estimate of drug-likeness (QED) is 0.873. The first-order valence-electron chi connectivity index (χ1n) is 5.83. The summed E-state index contributed by atoms with van der Waals surface area (Å²) in [7, 11) is 0. The third-order valence-electron chi connectivity index (χ3n) is 2.60. The van der Waals surface area contributed by atoms with E-state index in [2.05, 4.69) is 15.5 Å². The van der Waals surface area contributed by atoms with Crippen molar-refractivity contribution in [1.82, 2.24) is 14.8 Å². The van der Waals surface area contributed by atoms with Crippen LogP contribution in [0.4, 0.5) is 10.3 Å². The van der Waals surface area contributed by atoms with E-state index in [1.54, 1.807) is 4.57 Å². The number of phenols is 1. The van der Waals surface area contributed by atoms with Crippen LogP contribution in [-0.2, 0) is 6.54 Å². The monoisotopic (exact) mass is 250 g/mol. The van der Waals surface area contributed by atoms with Gasteiger partial charge in [0, 0.05) is 19.2 Å². The zero-order valence-corrected chi connectivity index (χ0v) is 10.3. The lowest BCUT2D eigenvalue weighted by molar-refractivity contribution is 0.469. The lowest BCUT2D eigenvalue weighted by atomic mass is 10.2. The molecule has 0 fully saturated rings. The average Bonchev–Trinajstić information content (AvgIpc) is 2.72. The van der Waals surface area contributed by atoms with Crippen LogP contribution in [0.1, 0.15) is 13.8 Å². The van der Waals surface area contributed by atoms with Gasteiger partial charge in [-0.1, -0.05) is 0 Å². The second kappa shape index (κ2) is 5.03. The van der Waals surface area contributed by atoms with Crippen molar-refractivity contribution in [2.45, 2.75) is 20.4 Å². The van der Waals surface area contributed by atoms with Crippen LogP contribution < -0.4 is 5.32 Å². The number of hydrogen-bond acceptors (Lipinski definition) is 4. The summed E-state index contributed by atoms with van der Waals surface area (Å²) >= 11 is 0. The van der Waals surface area contributed by atoms with E-state index < -0.39 is 5.82 Å². The van der Waals surface area contributed by atoms with Crippen LogP contribution in [0.5, 0.6) is 5.75 Å². The summed E-state index contributed by atoms with van der Waals surface area (Å²) in [6, 6.07) is 3.99. The third kappa shape index (κ3) is 2.13. The van der Waals surface area contributed by atoms with Crippen LogP contribution in [0.15, 0.2) is 18.2 Å². The maximum Gasteiger partial charge on any atom is 0.224 e. The Morgan fingerprint density at radius 1 is 1.33 bits per heavy atom. The lowest BCUT2D eigenvalue weighted by Gasteiger charge is -2.08. The van der Waals surface area contributed by atoms with Gasteiger partial charge in [-0.2, -0.15) is 0 Å². The van der Waals surface area contributed by atoms with Gasteiger partial charge in [-0.25, -0.2) is 4.39 Å². The largest absolute Gasteiger partial charge is 0.508 e. The molecule has 0 saturated heterocycles. The molecule has 1 aromatic carbocycles. The number of hydrogen-bond donors (Lipinski definition) is 2. The molecule has 0 aliphatic carbocycles. The van der Waals surface area contributed by atoms with Crippen LogP contribution in [0, 0.1) is 5.82 Å². The highest BCUT2D eigenvalue weighted by molar-refractivity contribution is 5.59. The highest BCUT2D eigenvalue weighted by Crippen LogP contribution is 2.26. The van der Waals surface area contributed by atoms with Gasteiger partial charge in [-0.05, 0) is 26.0 Å². The van der Waals surface area contributed by atoms with E-state index in [0.29, 0.717) is 23.9 Å². The molecule has 0 atom stereocenters. The average molecular weight is 250 g/mol. The Bertz CT molecular complexity index is 553. The maximum absolute atomic E-state index is 13.8. The molecule has 0 saturated carbocycles. The number of aromatic hydroxyl groups is 1. The number of aromatic nitrogens is 3. The zero-order chi connectivity index (χ0) is 13.1. The minimum absolute atomic E-state index is 0.106. The molecule has 0 unspecified atom stereocenters. The van der Waals surface area contributed by atoms with Gasteiger partial charge in [0.2, 0.25) is 5.95 Å². The van der Waals surface area contributed by atoms with Crippen LogP contribution in [-0.4, -0.2) is 26.4 Å². The summed E-state index contributed by atoms with van der Waals surface area (Å²) in [5.74, 6) is 0.444. The molecule has 0 bridgehead atoms. The Morgan fingerprint density at radius 2 is 2.11 bits per heavy atom. The topological polar surface area (TPSA) is 63.0 Å². The first-order chi connectivity index (χ1) is 8.67. The van der Waals surface area contributed by atoms with Crippen LogP contribution >= 0.6 is 0 Å². The predicted octanol–water partition coefficient (Wildman–Crippen LogP) is 2.24. The summed E-state index contributed by atoms with van der Waals surface area (Å²) in [6.07, 6.45) is 0. The molecule has 0 radical (unpaired) electrons. The van der Waals surface area contributed by atoms with E-state index in [0.717, 1.165) is 12.6 Å². The highest BCUT2D eigenvalue weighted by atomic mass is 19.1. The van der Waals surface area contributed by atoms with Gasteiger partial charge in [0.15, 0.2) is 5.82 Å². The Labute approximate surface area is 104 Å². The number of halogens is 1. The van der Waals surface area contributed by atoms with E-state index in [-0.39, 0.29) is 5.75 Å². The first kappa shape index (κ1) is 12.3. The van der Waals surface area contributed by atoms with Crippen molar-refractivity contribution in [3.63, 3.8) is 0 Å². The molecule has 6 heteroatoms. The van der Waals surface area contributed by atoms with Crippen LogP contribution in [0.2, 0.25) is 0 Å². The van der Waals surface area contributed by atoms with Gasteiger partial charge in [-0.3, -0.25) is 4.57 Å². The predicted molar refractivity (Wildman–Crippen MR) is 66.9 cm³/mol. The van der Waals surface area contributed by atoms with Gasteiger partial charge in [0.25, 0.3) is 0 Å². The molecule has 1 aromatic heterocycles. The summed E-state index contributed by atoms with van der Waals surface area (Å²) in [4.78, 5) is 0. The molecule has 1 heterocycles. The molecule has 2 aromatic rings. The summed E-state index contributed by atoms with van der Waals surface area (Å²) in [5, 5.41) is 20.3. The number of benzene rings is 1. The first-order valence-corrected chi connectivity index (χ1v) is 5.83. The fourth-order valence-electron chi connectivity index (χ4n) is 1.78. The molecule has 5 nitrogen and oxygen atoms in total. The minimum Gasteiger partial charge on any atom is -0.508 e. The van der Waals surface area contributed by atoms with E-state index in [1.807, 2.05) is 13.8 Å². The Hall–Kier alpha value is -2.11. The fraction of sp³-hybridized carbons (Fsp3) is 0.333. The Kier molecular flexibility index (Phi) is 3.45. The van der Waals surface area contributed by atoms with Gasteiger partial charge >= 0.3 is 0 Å². The van der Waals surface area contributed by atoms with Crippen molar-refractivity contribution >= 4 is 5.95 Å². The fourth-order valence-corrected chi connectivity index (χ4v) is 1.78. The van der Waals surface area contributed by atoms with Crippen LogP contribution in [0.25, 0.3) is 11.4 Å². The van der Waals surface area contributed by atoms with Crippen molar-refractivity contribution in [3.8, 4) is 17.1 Å². The molecular formula is C12H15FN4O. The second-order valence-corrected chi connectivity index (χ2v) is 3.79. The molecule has 0 spiro atoms. The van der Waals surface area contributed by atoms with Crippen molar-refractivity contribution in [2.75, 3.05) is 11.9 Å². The summed E-state index contributed by atoms with van der Waals surface area (Å²) in [6.45, 7) is 5.24. The van der Waals surface area contributed by atoms with E-state index in [4.69, 9.17) is 0 Å². The maximum atomic E-state index is 13.8. The second-order valence-electron chi connectivity index (χ2n) is 3.79. The highest BCUT2D eigenvalue weighted by Gasteiger charge is 2.15. The SMILES string of the molecule is CCNc1nnc(-c2ccc(O)cc2F)n1CC. The summed E-state index contributed by atoms with van der Waals surface area (Å²) in [5.41, 5.74) is 0.325. The standard InChI is InChI=1S/C12H15FN4O/c1-3-14-12-16-15-11(17(12)4-2)9-6-5-8(18)7-10(9)13/h5-7,18H,3-4H2,1-2H3,(H,14,16). The van der Waals surface area contributed by atoms with Gasteiger partial charge < -0.3 is 10.4 Å². The number of nitrogens with zero attached hydrogens (tertiary/aromatic N) is 3. The smallest absolute Gasteiger partial charge is 0.224 e. The summed E-state index contributed by atoms with van der Waals surface area (Å²) < 4.78 is 15.6. The minimum atomic E-state index is -0.514. The molecule has 96 valence electrons. The molecule has 18 heavy (non-hydrogen) atoms. The van der Waals surface area contributed by atoms with Crippen molar-refractivity contribution < 1.29 is 9.50 Å². The zero-order valence-electron chi connectivity index (χ0n) is 10.3. The van der Waals surface area contributed by atoms with Crippen molar-refractivity contribution in [2.24, 2.45) is 0 Å². The van der Waals surface area contributed by atoms with Crippen LogP contribution in [0.3, 0.4) is 0 Å². The van der Waals surface area contributed by atoms with E-state index >= 15 is 0 Å². The van der Waals surface area contributed by atoms with Gasteiger partial charge in [0.05, 0.1) is 5.56 Å². The molecular weight excluding hydrogens is 235 g/mol. The molecule has 0 amide bonds. The van der Waals surface area contributed by atoms with E-state index in [9.17, 15) is 9.50 Å². The van der Waals surface area contributed by atoms with Gasteiger partial charge in [-0.15, -0.1) is 10.2 Å². The molecule has 0 aliphatic heterocycles. The van der Waals surface area contributed by atoms with Crippen molar-refractivity contribution in [1.29, 1.82) is 0 Å². The third-order valence-corrected chi connectivity index (χ3v) is 2.60. The normalized spacial score (nSPS) is 10.6. The Morgan fingerprint density at radius 3 is 2.72 bits per heavy atom. The van der Waals surface area contributed by atoms with Crippen molar-refractivity contribution in [3.05, 3.63) is 24.0 Å². The Balaban J connectivity index is 2.50. The number of phenolic OH excluding ortho intramolecular Hbond substituents is 1. The van der Waals surface area contributed by atoms with Gasteiger partial charge in [0.1, 0.15) is 11.6 Å². The number of rotatable bonds is 4. The molecule has 0 aliphatic rings. The number of anilines is 1. The lowest BCUT2D eigenvalue weighted by Crippen LogP contribution is -2.07. The molecule has 2 N–H and O–H groups in total.